The molecule has 68 valence electrons. The zero-order chi connectivity index (χ0) is 9.28. The summed E-state index contributed by atoms with van der Waals surface area (Å²) in [7, 11) is -1.58. The molecular weight excluding hydrogens is 176 g/mol. The van der Waals surface area contributed by atoms with Crippen molar-refractivity contribution in [2.45, 2.75) is 38.9 Å². The van der Waals surface area contributed by atoms with Gasteiger partial charge in [0.2, 0.25) is 0 Å². The van der Waals surface area contributed by atoms with E-state index < -0.39 is 19.2 Å². The second kappa shape index (κ2) is 3.37. The smallest absolute Gasteiger partial charge is 0.0649 e. The second-order valence-corrected chi connectivity index (χ2v) is 11.6. The maximum atomic E-state index is 10.5. The van der Waals surface area contributed by atoms with Crippen molar-refractivity contribution in [2.24, 2.45) is 0 Å². The molecule has 0 saturated heterocycles. The minimum absolute atomic E-state index is 0.174. The summed E-state index contributed by atoms with van der Waals surface area (Å²) in [6.45, 7) is 10.6. The van der Waals surface area contributed by atoms with Crippen LogP contribution in [-0.2, 0) is 11.1 Å². The average Bonchev–Trinajstić information content (AvgIpc) is 1.56. The van der Waals surface area contributed by atoms with E-state index in [0.29, 0.717) is 5.38 Å². The first-order chi connectivity index (χ1) is 4.67. The van der Waals surface area contributed by atoms with E-state index in [2.05, 4.69) is 33.9 Å². The average molecular weight is 193 g/mol. The van der Waals surface area contributed by atoms with Crippen molar-refractivity contribution in [3.8, 4) is 0 Å². The van der Waals surface area contributed by atoms with Crippen molar-refractivity contribution in [1.29, 1.82) is 0 Å². The number of hydrogen-bond donors (Lipinski definition) is 0. The summed E-state index contributed by atoms with van der Waals surface area (Å²) < 4.78 is 21.0. The molecule has 0 N–H and O–H groups in total. The summed E-state index contributed by atoms with van der Waals surface area (Å²) in [6, 6.07) is 0. The highest BCUT2D eigenvalue weighted by Crippen LogP contribution is 2.35. The summed E-state index contributed by atoms with van der Waals surface area (Å²) in [5.74, 6) is 0. The Morgan fingerprint density at radius 2 is 1.73 bits per heavy atom. The SMILES string of the molecule is CC(C)(C)[Si](C)(C)CS(=O)[O-]. The molecule has 0 aliphatic rings. The van der Waals surface area contributed by atoms with Crippen LogP contribution in [0.15, 0.2) is 0 Å². The lowest BCUT2D eigenvalue weighted by Crippen LogP contribution is -2.43. The highest BCUT2D eigenvalue weighted by atomic mass is 32.2. The third-order valence-corrected chi connectivity index (χ3v) is 10.4. The van der Waals surface area contributed by atoms with Crippen LogP contribution in [0.1, 0.15) is 20.8 Å². The van der Waals surface area contributed by atoms with Gasteiger partial charge in [0, 0.05) is 5.38 Å². The first-order valence-electron chi connectivity index (χ1n) is 3.73. The minimum atomic E-state index is -1.87. The van der Waals surface area contributed by atoms with E-state index in [-0.39, 0.29) is 5.04 Å². The molecule has 0 aliphatic carbocycles. The molecular formula is C7H17O2SSi-. The molecule has 0 amide bonds. The fraction of sp³-hybridized carbons (Fsp3) is 1.00. The van der Waals surface area contributed by atoms with Gasteiger partial charge in [0.25, 0.3) is 0 Å². The van der Waals surface area contributed by atoms with Crippen LogP contribution in [0.3, 0.4) is 0 Å². The van der Waals surface area contributed by atoms with Gasteiger partial charge >= 0.3 is 0 Å². The van der Waals surface area contributed by atoms with E-state index in [1.54, 1.807) is 0 Å². The van der Waals surface area contributed by atoms with Crippen LogP contribution >= 0.6 is 0 Å². The van der Waals surface area contributed by atoms with E-state index in [0.717, 1.165) is 0 Å². The molecule has 4 heteroatoms. The van der Waals surface area contributed by atoms with Crippen LogP contribution < -0.4 is 0 Å². The van der Waals surface area contributed by atoms with Crippen molar-refractivity contribution in [2.75, 3.05) is 5.38 Å². The van der Waals surface area contributed by atoms with E-state index in [1.807, 2.05) is 0 Å². The summed E-state index contributed by atoms with van der Waals surface area (Å²) in [5, 5.41) is 0.545. The van der Waals surface area contributed by atoms with Gasteiger partial charge in [0.1, 0.15) is 0 Å². The van der Waals surface area contributed by atoms with Gasteiger partial charge in [-0.25, -0.2) is 0 Å². The third kappa shape index (κ3) is 3.49. The van der Waals surface area contributed by atoms with E-state index in [1.165, 1.54) is 0 Å². The van der Waals surface area contributed by atoms with E-state index >= 15 is 0 Å². The van der Waals surface area contributed by atoms with Crippen LogP contribution in [0.2, 0.25) is 18.1 Å². The van der Waals surface area contributed by atoms with Gasteiger partial charge in [0.05, 0.1) is 8.07 Å². The van der Waals surface area contributed by atoms with Gasteiger partial charge in [-0.2, -0.15) is 0 Å². The van der Waals surface area contributed by atoms with Crippen LogP contribution in [-0.4, -0.2) is 22.2 Å². The van der Waals surface area contributed by atoms with Crippen LogP contribution in [0.25, 0.3) is 0 Å². The summed E-state index contributed by atoms with van der Waals surface area (Å²) >= 11 is -1.87. The minimum Gasteiger partial charge on any atom is -0.773 e. The maximum absolute atomic E-state index is 10.5. The lowest BCUT2D eigenvalue weighted by molar-refractivity contribution is 0.540. The molecule has 0 aromatic heterocycles. The molecule has 0 rings (SSSR count). The molecule has 0 bridgehead atoms. The van der Waals surface area contributed by atoms with E-state index in [4.69, 9.17) is 0 Å². The topological polar surface area (TPSA) is 40.1 Å². The van der Waals surface area contributed by atoms with Crippen LogP contribution in [0, 0.1) is 0 Å². The zero-order valence-electron chi connectivity index (χ0n) is 7.93. The molecule has 1 unspecified atom stereocenters. The first kappa shape index (κ1) is 11.3. The predicted molar refractivity (Wildman–Crippen MR) is 51.0 cm³/mol. The first-order valence-corrected chi connectivity index (χ1v) is 8.18. The number of rotatable bonds is 2. The van der Waals surface area contributed by atoms with Crippen molar-refractivity contribution in [3.63, 3.8) is 0 Å². The predicted octanol–water partition coefficient (Wildman–Crippen LogP) is 1.91. The number of hydrogen-bond acceptors (Lipinski definition) is 2. The molecule has 0 fully saturated rings. The Morgan fingerprint density at radius 3 is 1.82 bits per heavy atom. The van der Waals surface area contributed by atoms with Gasteiger partial charge in [0.15, 0.2) is 0 Å². The van der Waals surface area contributed by atoms with Crippen molar-refractivity contribution in [3.05, 3.63) is 0 Å². The Hall–Kier alpha value is 0.327. The molecule has 0 saturated carbocycles. The van der Waals surface area contributed by atoms with Gasteiger partial charge in [-0.05, 0) is 5.04 Å². The lowest BCUT2D eigenvalue weighted by atomic mass is 10.2. The van der Waals surface area contributed by atoms with Gasteiger partial charge < -0.3 is 4.55 Å². The Morgan fingerprint density at radius 1 is 1.36 bits per heavy atom. The fourth-order valence-corrected chi connectivity index (χ4v) is 4.60. The Bertz CT molecular complexity index is 160. The largest absolute Gasteiger partial charge is 0.773 e. The standard InChI is InChI=1S/C7H18O2SSi/c1-7(2,3)11(4,5)6-10(8)9/h6H2,1-5H3,(H,8,9)/p-1. The molecule has 0 aromatic rings. The molecule has 0 aliphatic heterocycles. The molecule has 11 heavy (non-hydrogen) atoms. The Labute approximate surface area is 72.7 Å². The monoisotopic (exact) mass is 193 g/mol. The molecule has 0 spiro atoms. The third-order valence-electron chi connectivity index (χ3n) is 2.51. The van der Waals surface area contributed by atoms with Crippen molar-refractivity contribution < 1.29 is 8.76 Å². The zero-order valence-corrected chi connectivity index (χ0v) is 9.75. The summed E-state index contributed by atoms with van der Waals surface area (Å²) in [6.07, 6.45) is 0. The van der Waals surface area contributed by atoms with Crippen molar-refractivity contribution >= 4 is 19.2 Å². The molecule has 0 heterocycles. The highest BCUT2D eigenvalue weighted by molar-refractivity contribution is 7.81. The molecule has 0 radical (unpaired) electrons. The van der Waals surface area contributed by atoms with Gasteiger partial charge in [-0.15, -0.1) is 0 Å². The summed E-state index contributed by atoms with van der Waals surface area (Å²) in [4.78, 5) is 0. The Kier molecular flexibility index (Phi) is 3.47. The fourth-order valence-electron chi connectivity index (χ4n) is 0.511. The maximum Gasteiger partial charge on any atom is 0.0649 e. The molecule has 2 nitrogen and oxygen atoms in total. The second-order valence-electron chi connectivity index (χ2n) is 4.58. The van der Waals surface area contributed by atoms with E-state index in [9.17, 15) is 8.76 Å². The van der Waals surface area contributed by atoms with Crippen molar-refractivity contribution in [1.82, 2.24) is 0 Å². The summed E-state index contributed by atoms with van der Waals surface area (Å²) in [5.41, 5.74) is 0. The van der Waals surface area contributed by atoms with Gasteiger partial charge in [-0.1, -0.05) is 44.9 Å². The normalized spacial score (nSPS) is 16.5. The van der Waals surface area contributed by atoms with Crippen LogP contribution in [0.5, 0.6) is 0 Å². The van der Waals surface area contributed by atoms with Crippen LogP contribution in [0.4, 0.5) is 0 Å². The lowest BCUT2D eigenvalue weighted by Gasteiger charge is -2.37. The Balaban J connectivity index is 4.34. The molecule has 0 aromatic carbocycles. The highest BCUT2D eigenvalue weighted by Gasteiger charge is 2.34. The quantitative estimate of drug-likeness (QED) is 0.496. The molecule has 1 atom stereocenters. The van der Waals surface area contributed by atoms with Gasteiger partial charge in [-0.3, -0.25) is 4.21 Å².